The standard InChI is InChI=1S/C23H24O7/c1-4-28-23(25)22-17(16-7-5-6-8-18(16)30-22)14-29-21(24)12-10-15-9-11-19(26-2)20(13-15)27-3/h5-9,11,13H,4,10,12,14H2,1-3H3. The molecule has 0 N–H and O–H groups in total. The smallest absolute Gasteiger partial charge is 0.374 e. The minimum Gasteiger partial charge on any atom is -0.493 e. The van der Waals surface area contributed by atoms with E-state index in [1.54, 1.807) is 39.3 Å². The first-order chi connectivity index (χ1) is 14.6. The molecule has 0 radical (unpaired) electrons. The first-order valence-corrected chi connectivity index (χ1v) is 9.61. The van der Waals surface area contributed by atoms with Crippen LogP contribution in [-0.4, -0.2) is 32.8 Å². The number of ether oxygens (including phenoxy) is 4. The third-order valence-electron chi connectivity index (χ3n) is 4.60. The lowest BCUT2D eigenvalue weighted by atomic mass is 10.1. The molecular formula is C23H24O7. The van der Waals surface area contributed by atoms with Crippen LogP contribution in [0.2, 0.25) is 0 Å². The van der Waals surface area contributed by atoms with Gasteiger partial charge in [-0.3, -0.25) is 4.79 Å². The van der Waals surface area contributed by atoms with Gasteiger partial charge < -0.3 is 23.4 Å². The fraction of sp³-hybridized carbons (Fsp3) is 0.304. The summed E-state index contributed by atoms with van der Waals surface area (Å²) < 4.78 is 26.6. The lowest BCUT2D eigenvalue weighted by Crippen LogP contribution is -2.10. The lowest BCUT2D eigenvalue weighted by Gasteiger charge is -2.09. The van der Waals surface area contributed by atoms with Gasteiger partial charge in [-0.25, -0.2) is 4.79 Å². The van der Waals surface area contributed by atoms with Crippen LogP contribution in [-0.2, 0) is 27.3 Å². The maximum atomic E-state index is 12.3. The summed E-state index contributed by atoms with van der Waals surface area (Å²) in [4.78, 5) is 24.5. The van der Waals surface area contributed by atoms with Gasteiger partial charge in [-0.05, 0) is 37.1 Å². The molecule has 3 rings (SSSR count). The molecule has 3 aromatic rings. The summed E-state index contributed by atoms with van der Waals surface area (Å²) in [7, 11) is 3.13. The summed E-state index contributed by atoms with van der Waals surface area (Å²) in [6.45, 7) is 1.87. The Labute approximate surface area is 174 Å². The van der Waals surface area contributed by atoms with Crippen LogP contribution in [0, 0.1) is 0 Å². The van der Waals surface area contributed by atoms with Crippen LogP contribution in [0.5, 0.6) is 11.5 Å². The number of methoxy groups -OCH3 is 2. The third-order valence-corrected chi connectivity index (χ3v) is 4.60. The quantitative estimate of drug-likeness (QED) is 0.484. The molecule has 7 nitrogen and oxygen atoms in total. The molecule has 0 spiro atoms. The van der Waals surface area contributed by atoms with E-state index in [4.69, 9.17) is 23.4 Å². The second kappa shape index (κ2) is 9.82. The molecule has 1 aromatic heterocycles. The number of aryl methyl sites for hydroxylation is 1. The zero-order valence-corrected chi connectivity index (χ0v) is 17.2. The highest BCUT2D eigenvalue weighted by atomic mass is 16.5. The maximum Gasteiger partial charge on any atom is 0.374 e. The van der Waals surface area contributed by atoms with Gasteiger partial charge in [-0.15, -0.1) is 0 Å². The van der Waals surface area contributed by atoms with Crippen LogP contribution < -0.4 is 9.47 Å². The first kappa shape index (κ1) is 21.2. The molecule has 0 amide bonds. The van der Waals surface area contributed by atoms with Crippen LogP contribution in [0.15, 0.2) is 46.9 Å². The van der Waals surface area contributed by atoms with E-state index in [1.165, 1.54) is 0 Å². The number of para-hydroxylation sites is 1. The lowest BCUT2D eigenvalue weighted by molar-refractivity contribution is -0.144. The van der Waals surface area contributed by atoms with E-state index in [1.807, 2.05) is 24.3 Å². The van der Waals surface area contributed by atoms with Crippen LogP contribution in [0.3, 0.4) is 0 Å². The Hall–Kier alpha value is -3.48. The van der Waals surface area contributed by atoms with Crippen molar-refractivity contribution in [1.82, 2.24) is 0 Å². The Morgan fingerprint density at radius 1 is 0.967 bits per heavy atom. The molecule has 0 atom stereocenters. The molecule has 0 fully saturated rings. The fourth-order valence-corrected chi connectivity index (χ4v) is 3.11. The van der Waals surface area contributed by atoms with E-state index in [9.17, 15) is 9.59 Å². The Kier molecular flexibility index (Phi) is 6.95. The van der Waals surface area contributed by atoms with Crippen molar-refractivity contribution >= 4 is 22.9 Å². The van der Waals surface area contributed by atoms with Crippen LogP contribution in [0.4, 0.5) is 0 Å². The summed E-state index contributed by atoms with van der Waals surface area (Å²) in [5.74, 6) is 0.329. The van der Waals surface area contributed by atoms with Crippen molar-refractivity contribution in [2.75, 3.05) is 20.8 Å². The van der Waals surface area contributed by atoms with E-state index in [-0.39, 0.29) is 31.4 Å². The van der Waals surface area contributed by atoms with Gasteiger partial charge in [0, 0.05) is 11.8 Å². The van der Waals surface area contributed by atoms with Gasteiger partial charge in [0.25, 0.3) is 0 Å². The number of hydrogen-bond acceptors (Lipinski definition) is 7. The second-order valence-electron chi connectivity index (χ2n) is 6.48. The summed E-state index contributed by atoms with van der Waals surface area (Å²) >= 11 is 0. The van der Waals surface area contributed by atoms with E-state index < -0.39 is 5.97 Å². The molecule has 0 aliphatic carbocycles. The molecule has 0 saturated heterocycles. The van der Waals surface area contributed by atoms with Gasteiger partial charge in [0.1, 0.15) is 12.2 Å². The van der Waals surface area contributed by atoms with Gasteiger partial charge in [0.2, 0.25) is 5.76 Å². The molecule has 1 heterocycles. The predicted octanol–water partition coefficient (Wildman–Crippen LogP) is 4.30. The fourth-order valence-electron chi connectivity index (χ4n) is 3.11. The maximum absolute atomic E-state index is 12.3. The zero-order chi connectivity index (χ0) is 21.5. The van der Waals surface area contributed by atoms with Gasteiger partial charge in [-0.2, -0.15) is 0 Å². The van der Waals surface area contributed by atoms with Crippen LogP contribution >= 0.6 is 0 Å². The normalized spacial score (nSPS) is 10.6. The molecule has 0 aliphatic rings. The molecule has 0 bridgehead atoms. The van der Waals surface area contributed by atoms with Gasteiger partial charge in [0.05, 0.1) is 26.4 Å². The Bertz CT molecular complexity index is 1040. The van der Waals surface area contributed by atoms with Crippen LogP contribution in [0.1, 0.15) is 35.0 Å². The van der Waals surface area contributed by atoms with Crippen molar-refractivity contribution < 1.29 is 33.0 Å². The minimum absolute atomic E-state index is 0.0609. The zero-order valence-electron chi connectivity index (χ0n) is 17.2. The molecule has 0 unspecified atom stereocenters. The number of fused-ring (bicyclic) bond motifs is 1. The molecule has 0 aliphatic heterocycles. The number of rotatable bonds is 9. The number of carbonyl (C=O) groups excluding carboxylic acids is 2. The van der Waals surface area contributed by atoms with Crippen molar-refractivity contribution in [2.24, 2.45) is 0 Å². The highest BCUT2D eigenvalue weighted by molar-refractivity contribution is 5.96. The van der Waals surface area contributed by atoms with Crippen molar-refractivity contribution in [3.63, 3.8) is 0 Å². The highest BCUT2D eigenvalue weighted by Gasteiger charge is 2.22. The third kappa shape index (κ3) is 4.74. The Morgan fingerprint density at radius 2 is 1.73 bits per heavy atom. The van der Waals surface area contributed by atoms with Crippen LogP contribution in [0.25, 0.3) is 11.0 Å². The Balaban J connectivity index is 1.67. The summed E-state index contributed by atoms with van der Waals surface area (Å²) in [5, 5.41) is 0.716. The van der Waals surface area contributed by atoms with Gasteiger partial charge in [0.15, 0.2) is 11.5 Å². The Morgan fingerprint density at radius 3 is 2.47 bits per heavy atom. The molecule has 158 valence electrons. The number of hydrogen-bond donors (Lipinski definition) is 0. The molecule has 2 aromatic carbocycles. The molecular weight excluding hydrogens is 388 g/mol. The number of furan rings is 1. The predicted molar refractivity (Wildman–Crippen MR) is 110 cm³/mol. The van der Waals surface area contributed by atoms with E-state index in [0.717, 1.165) is 5.56 Å². The average Bonchev–Trinajstić information content (AvgIpc) is 3.15. The monoisotopic (exact) mass is 412 g/mol. The van der Waals surface area contributed by atoms with Crippen molar-refractivity contribution in [3.05, 3.63) is 59.4 Å². The second-order valence-corrected chi connectivity index (χ2v) is 6.48. The number of carbonyl (C=O) groups is 2. The minimum atomic E-state index is -0.579. The highest BCUT2D eigenvalue weighted by Crippen LogP contribution is 2.29. The number of esters is 2. The molecule has 7 heteroatoms. The summed E-state index contributed by atoms with van der Waals surface area (Å²) in [5.41, 5.74) is 1.96. The SMILES string of the molecule is CCOC(=O)c1oc2ccccc2c1COC(=O)CCc1ccc(OC)c(OC)c1. The van der Waals surface area contributed by atoms with Crippen molar-refractivity contribution in [3.8, 4) is 11.5 Å². The summed E-state index contributed by atoms with van der Waals surface area (Å²) in [6, 6.07) is 12.7. The number of benzene rings is 2. The average molecular weight is 412 g/mol. The van der Waals surface area contributed by atoms with Gasteiger partial charge >= 0.3 is 11.9 Å². The topological polar surface area (TPSA) is 84.2 Å². The summed E-state index contributed by atoms with van der Waals surface area (Å²) in [6.07, 6.45) is 0.663. The van der Waals surface area contributed by atoms with E-state index in [2.05, 4.69) is 0 Å². The van der Waals surface area contributed by atoms with E-state index >= 15 is 0 Å². The molecule has 30 heavy (non-hydrogen) atoms. The van der Waals surface area contributed by atoms with Crippen molar-refractivity contribution in [2.45, 2.75) is 26.4 Å². The first-order valence-electron chi connectivity index (χ1n) is 9.61. The largest absolute Gasteiger partial charge is 0.493 e. The molecule has 0 saturated carbocycles. The van der Waals surface area contributed by atoms with Gasteiger partial charge in [-0.1, -0.05) is 24.3 Å². The van der Waals surface area contributed by atoms with Crippen molar-refractivity contribution in [1.29, 1.82) is 0 Å². The van der Waals surface area contributed by atoms with E-state index in [0.29, 0.717) is 34.5 Å².